The molecule has 0 aliphatic carbocycles. The molecule has 3 rings (SSSR count). The fraction of sp³-hybridized carbons (Fsp3) is 0.400. The van der Waals surface area contributed by atoms with Gasteiger partial charge in [-0.05, 0) is 29.8 Å². The van der Waals surface area contributed by atoms with Crippen molar-refractivity contribution in [1.82, 2.24) is 9.97 Å². The highest BCUT2D eigenvalue weighted by Crippen LogP contribution is 2.31. The molecule has 2 aromatic rings. The van der Waals surface area contributed by atoms with E-state index in [0.717, 1.165) is 22.8 Å². The number of benzene rings is 1. The van der Waals surface area contributed by atoms with Gasteiger partial charge in [-0.15, -0.1) is 0 Å². The second-order valence-electron chi connectivity index (χ2n) is 5.36. The molecule has 106 valence electrons. The summed E-state index contributed by atoms with van der Waals surface area (Å²) in [6.07, 6.45) is 1.84. The van der Waals surface area contributed by atoms with Crippen LogP contribution in [0.2, 0.25) is 0 Å². The number of imidazole rings is 1. The first-order chi connectivity index (χ1) is 9.62. The van der Waals surface area contributed by atoms with Gasteiger partial charge in [0.25, 0.3) is 0 Å². The molecule has 1 aliphatic heterocycles. The molecule has 1 aromatic heterocycles. The lowest BCUT2D eigenvalue weighted by Crippen LogP contribution is -2.60. The van der Waals surface area contributed by atoms with E-state index in [4.69, 9.17) is 15.2 Å². The minimum Gasteiger partial charge on any atom is -0.497 e. The van der Waals surface area contributed by atoms with Gasteiger partial charge in [0.15, 0.2) is 0 Å². The van der Waals surface area contributed by atoms with Crippen LogP contribution < -0.4 is 10.5 Å². The minimum atomic E-state index is -0.297. The number of methoxy groups -OCH3 is 1. The maximum atomic E-state index is 6.26. The van der Waals surface area contributed by atoms with E-state index in [1.807, 2.05) is 30.5 Å². The lowest BCUT2D eigenvalue weighted by atomic mass is 9.84. The lowest BCUT2D eigenvalue weighted by Gasteiger charge is -2.41. The molecule has 0 amide bonds. The zero-order valence-electron chi connectivity index (χ0n) is 11.7. The molecule has 0 saturated carbocycles. The Balaban J connectivity index is 1.82. The molecule has 1 aromatic carbocycles. The molecule has 0 spiro atoms. The third kappa shape index (κ3) is 2.19. The van der Waals surface area contributed by atoms with Crippen LogP contribution in [0.5, 0.6) is 5.75 Å². The van der Waals surface area contributed by atoms with Gasteiger partial charge in [-0.1, -0.05) is 6.92 Å². The first kappa shape index (κ1) is 13.1. The van der Waals surface area contributed by atoms with Crippen LogP contribution in [0.3, 0.4) is 0 Å². The highest BCUT2D eigenvalue weighted by Gasteiger charge is 2.41. The highest BCUT2D eigenvalue weighted by atomic mass is 16.5. The molecule has 5 heteroatoms. The number of ether oxygens (including phenoxy) is 2. The quantitative estimate of drug-likeness (QED) is 0.892. The molecular weight excluding hydrogens is 254 g/mol. The summed E-state index contributed by atoms with van der Waals surface area (Å²) in [7, 11) is 1.66. The van der Waals surface area contributed by atoms with Gasteiger partial charge in [-0.25, -0.2) is 4.98 Å². The Bertz CT molecular complexity index is 587. The van der Waals surface area contributed by atoms with Crippen molar-refractivity contribution >= 4 is 0 Å². The van der Waals surface area contributed by atoms with E-state index in [1.165, 1.54) is 0 Å². The number of H-pyrrole nitrogens is 1. The van der Waals surface area contributed by atoms with E-state index in [1.54, 1.807) is 7.11 Å². The molecule has 1 aliphatic rings. The van der Waals surface area contributed by atoms with Crippen LogP contribution in [0.4, 0.5) is 0 Å². The Morgan fingerprint density at radius 3 is 2.60 bits per heavy atom. The summed E-state index contributed by atoms with van der Waals surface area (Å²) < 4.78 is 10.4. The smallest absolute Gasteiger partial charge is 0.118 e. The van der Waals surface area contributed by atoms with Gasteiger partial charge >= 0.3 is 0 Å². The Labute approximate surface area is 118 Å². The predicted octanol–water partition coefficient (Wildman–Crippen LogP) is 1.92. The number of nitrogens with one attached hydrogen (secondary N) is 1. The van der Waals surface area contributed by atoms with E-state index < -0.39 is 0 Å². The molecule has 20 heavy (non-hydrogen) atoms. The fourth-order valence-electron chi connectivity index (χ4n) is 2.33. The lowest BCUT2D eigenvalue weighted by molar-refractivity contribution is -0.0655. The van der Waals surface area contributed by atoms with E-state index in [-0.39, 0.29) is 11.5 Å². The van der Waals surface area contributed by atoms with E-state index in [0.29, 0.717) is 13.2 Å². The monoisotopic (exact) mass is 273 g/mol. The summed E-state index contributed by atoms with van der Waals surface area (Å²) >= 11 is 0. The van der Waals surface area contributed by atoms with Gasteiger partial charge in [-0.2, -0.15) is 0 Å². The molecule has 0 radical (unpaired) electrons. The molecule has 0 unspecified atom stereocenters. The van der Waals surface area contributed by atoms with Crippen molar-refractivity contribution in [1.29, 1.82) is 0 Å². The average molecular weight is 273 g/mol. The van der Waals surface area contributed by atoms with E-state index in [9.17, 15) is 0 Å². The third-order valence-electron chi connectivity index (χ3n) is 4.01. The van der Waals surface area contributed by atoms with Crippen molar-refractivity contribution in [2.75, 3.05) is 20.3 Å². The fourth-order valence-corrected chi connectivity index (χ4v) is 2.33. The van der Waals surface area contributed by atoms with Crippen LogP contribution in [-0.4, -0.2) is 35.8 Å². The predicted molar refractivity (Wildman–Crippen MR) is 76.7 cm³/mol. The second kappa shape index (κ2) is 4.92. The zero-order chi connectivity index (χ0) is 14.2. The standard InChI is InChI=1S/C15H19N3O2/c1-10(15(16)8-20-9-15)14-17-7-13(18-14)11-3-5-12(19-2)6-4-11/h3-7,10H,8-9,16H2,1-2H3,(H,17,18)/t10-/m0/s1. The van der Waals surface area contributed by atoms with Crippen molar-refractivity contribution in [2.24, 2.45) is 5.73 Å². The van der Waals surface area contributed by atoms with Gasteiger partial charge < -0.3 is 20.2 Å². The van der Waals surface area contributed by atoms with Crippen LogP contribution in [0.1, 0.15) is 18.7 Å². The van der Waals surface area contributed by atoms with Crippen LogP contribution in [0.15, 0.2) is 30.5 Å². The maximum Gasteiger partial charge on any atom is 0.118 e. The van der Waals surface area contributed by atoms with Gasteiger partial charge in [0.05, 0.1) is 37.8 Å². The maximum absolute atomic E-state index is 6.26. The van der Waals surface area contributed by atoms with Crippen molar-refractivity contribution in [3.63, 3.8) is 0 Å². The summed E-state index contributed by atoms with van der Waals surface area (Å²) in [4.78, 5) is 7.81. The summed E-state index contributed by atoms with van der Waals surface area (Å²) in [5.41, 5.74) is 8.03. The molecule has 0 bridgehead atoms. The van der Waals surface area contributed by atoms with E-state index >= 15 is 0 Å². The van der Waals surface area contributed by atoms with Crippen molar-refractivity contribution in [3.8, 4) is 17.0 Å². The molecule has 3 N–H and O–H groups in total. The zero-order valence-corrected chi connectivity index (χ0v) is 11.7. The van der Waals surface area contributed by atoms with E-state index in [2.05, 4.69) is 16.9 Å². The number of hydrogen-bond donors (Lipinski definition) is 2. The SMILES string of the molecule is COc1ccc(-c2cnc([C@H](C)C3(N)COC3)[nH]2)cc1. The average Bonchev–Trinajstić information content (AvgIpc) is 2.93. The number of hydrogen-bond acceptors (Lipinski definition) is 4. The molecule has 1 atom stereocenters. The number of rotatable bonds is 4. The topological polar surface area (TPSA) is 73.2 Å². The Morgan fingerprint density at radius 2 is 2.05 bits per heavy atom. The van der Waals surface area contributed by atoms with Gasteiger partial charge in [-0.3, -0.25) is 0 Å². The largest absolute Gasteiger partial charge is 0.497 e. The van der Waals surface area contributed by atoms with Crippen molar-refractivity contribution in [2.45, 2.75) is 18.4 Å². The number of aromatic nitrogens is 2. The van der Waals surface area contributed by atoms with Gasteiger partial charge in [0.2, 0.25) is 0 Å². The molecule has 2 heterocycles. The Morgan fingerprint density at radius 1 is 1.35 bits per heavy atom. The molecule has 1 fully saturated rings. The normalized spacial score (nSPS) is 18.4. The number of nitrogens with zero attached hydrogens (tertiary/aromatic N) is 1. The first-order valence-corrected chi connectivity index (χ1v) is 6.68. The molecular formula is C15H19N3O2. The van der Waals surface area contributed by atoms with Crippen molar-refractivity contribution in [3.05, 3.63) is 36.3 Å². The number of aromatic amines is 1. The van der Waals surface area contributed by atoms with Crippen molar-refractivity contribution < 1.29 is 9.47 Å². The van der Waals surface area contributed by atoms with Gasteiger partial charge in [0, 0.05) is 5.92 Å². The summed E-state index contributed by atoms with van der Waals surface area (Å²) in [6, 6.07) is 7.88. The first-order valence-electron chi connectivity index (χ1n) is 6.68. The van der Waals surface area contributed by atoms with Crippen LogP contribution in [-0.2, 0) is 4.74 Å². The third-order valence-corrected chi connectivity index (χ3v) is 4.01. The molecule has 1 saturated heterocycles. The summed E-state index contributed by atoms with van der Waals surface area (Å²) in [5.74, 6) is 1.89. The Hall–Kier alpha value is -1.85. The second-order valence-corrected chi connectivity index (χ2v) is 5.36. The van der Waals surface area contributed by atoms with Crippen LogP contribution >= 0.6 is 0 Å². The van der Waals surface area contributed by atoms with Gasteiger partial charge in [0.1, 0.15) is 11.6 Å². The Kier molecular flexibility index (Phi) is 3.23. The van der Waals surface area contributed by atoms with Crippen LogP contribution in [0, 0.1) is 0 Å². The number of nitrogens with two attached hydrogens (primary N) is 1. The summed E-state index contributed by atoms with van der Waals surface area (Å²) in [5, 5.41) is 0. The molecule has 5 nitrogen and oxygen atoms in total. The summed E-state index contributed by atoms with van der Waals surface area (Å²) in [6.45, 7) is 3.26. The highest BCUT2D eigenvalue weighted by molar-refractivity contribution is 5.59. The van der Waals surface area contributed by atoms with Crippen LogP contribution in [0.25, 0.3) is 11.3 Å². The minimum absolute atomic E-state index is 0.142.